The zero-order valence-electron chi connectivity index (χ0n) is 9.72. The summed E-state index contributed by atoms with van der Waals surface area (Å²) < 4.78 is 0. The molecule has 0 bridgehead atoms. The van der Waals surface area contributed by atoms with Crippen LogP contribution in [0.25, 0.3) is 0 Å². The van der Waals surface area contributed by atoms with Crippen LogP contribution >= 0.6 is 11.8 Å². The Labute approximate surface area is 105 Å². The van der Waals surface area contributed by atoms with E-state index in [9.17, 15) is 4.79 Å². The van der Waals surface area contributed by atoms with Crippen LogP contribution in [0.3, 0.4) is 0 Å². The van der Waals surface area contributed by atoms with Gasteiger partial charge in [-0.3, -0.25) is 0 Å². The second kappa shape index (κ2) is 5.40. The van der Waals surface area contributed by atoms with Crippen LogP contribution in [-0.4, -0.2) is 33.6 Å². The summed E-state index contributed by atoms with van der Waals surface area (Å²) in [6.07, 6.45) is 7.23. The molecule has 2 N–H and O–H groups in total. The van der Waals surface area contributed by atoms with E-state index >= 15 is 0 Å². The highest BCUT2D eigenvalue weighted by molar-refractivity contribution is 7.99. The zero-order valence-corrected chi connectivity index (χ0v) is 10.5. The van der Waals surface area contributed by atoms with Crippen LogP contribution in [-0.2, 0) is 0 Å². The van der Waals surface area contributed by atoms with E-state index < -0.39 is 5.97 Å². The van der Waals surface area contributed by atoms with Crippen LogP contribution < -0.4 is 5.32 Å². The largest absolute Gasteiger partial charge is 0.478 e. The van der Waals surface area contributed by atoms with E-state index in [4.69, 9.17) is 5.11 Å². The highest BCUT2D eigenvalue weighted by Gasteiger charge is 2.26. The fourth-order valence-electron chi connectivity index (χ4n) is 2.21. The molecule has 1 heterocycles. The van der Waals surface area contributed by atoms with E-state index in [0.717, 1.165) is 6.42 Å². The van der Waals surface area contributed by atoms with Gasteiger partial charge in [0.1, 0.15) is 5.82 Å². The molecule has 2 atom stereocenters. The van der Waals surface area contributed by atoms with E-state index in [1.54, 1.807) is 6.07 Å². The van der Waals surface area contributed by atoms with Gasteiger partial charge in [0.2, 0.25) is 0 Å². The van der Waals surface area contributed by atoms with Crippen molar-refractivity contribution in [1.29, 1.82) is 0 Å². The lowest BCUT2D eigenvalue weighted by Crippen LogP contribution is -2.26. The van der Waals surface area contributed by atoms with Gasteiger partial charge in [0.05, 0.1) is 5.56 Å². The molecular formula is C12H16N2O2S. The van der Waals surface area contributed by atoms with Crippen molar-refractivity contribution in [2.24, 2.45) is 0 Å². The first-order valence-electron chi connectivity index (χ1n) is 5.69. The van der Waals surface area contributed by atoms with Crippen LogP contribution in [0.4, 0.5) is 5.82 Å². The zero-order chi connectivity index (χ0) is 12.3. The van der Waals surface area contributed by atoms with Crippen molar-refractivity contribution in [3.05, 3.63) is 23.9 Å². The lowest BCUT2D eigenvalue weighted by molar-refractivity contribution is 0.0697. The average molecular weight is 252 g/mol. The predicted molar refractivity (Wildman–Crippen MR) is 69.8 cm³/mol. The highest BCUT2D eigenvalue weighted by Crippen LogP contribution is 2.30. The molecule has 0 aliphatic heterocycles. The molecule has 1 fully saturated rings. The molecule has 1 saturated carbocycles. The van der Waals surface area contributed by atoms with Gasteiger partial charge in [0, 0.05) is 17.5 Å². The first kappa shape index (κ1) is 12.2. The van der Waals surface area contributed by atoms with Gasteiger partial charge in [-0.25, -0.2) is 9.78 Å². The molecule has 0 amide bonds. The number of rotatable bonds is 4. The van der Waals surface area contributed by atoms with Crippen molar-refractivity contribution in [1.82, 2.24) is 4.98 Å². The molecular weight excluding hydrogens is 236 g/mol. The number of carboxylic acids is 1. The molecule has 0 saturated heterocycles. The standard InChI is InChI=1S/C12H16N2O2S/c1-17-10-4-2-3-9(10)14-11-7-8(12(15)16)5-6-13-11/h5-7,9-10H,2-4H2,1H3,(H,13,14)(H,15,16). The van der Waals surface area contributed by atoms with E-state index in [-0.39, 0.29) is 5.56 Å². The van der Waals surface area contributed by atoms with E-state index in [1.807, 2.05) is 11.8 Å². The molecule has 92 valence electrons. The van der Waals surface area contributed by atoms with Crippen molar-refractivity contribution in [3.63, 3.8) is 0 Å². The lowest BCUT2D eigenvalue weighted by Gasteiger charge is -2.19. The second-order valence-electron chi connectivity index (χ2n) is 4.19. The summed E-state index contributed by atoms with van der Waals surface area (Å²) in [6.45, 7) is 0. The maximum Gasteiger partial charge on any atom is 0.335 e. The minimum Gasteiger partial charge on any atom is -0.478 e. The van der Waals surface area contributed by atoms with Gasteiger partial charge in [0.15, 0.2) is 0 Å². The Kier molecular flexibility index (Phi) is 3.89. The number of nitrogens with zero attached hydrogens (tertiary/aromatic N) is 1. The van der Waals surface area contributed by atoms with Crippen molar-refractivity contribution < 1.29 is 9.90 Å². The molecule has 0 radical (unpaired) electrons. The predicted octanol–water partition coefficient (Wildman–Crippen LogP) is 2.48. The van der Waals surface area contributed by atoms with Gasteiger partial charge in [-0.15, -0.1) is 0 Å². The Bertz CT molecular complexity index is 411. The molecule has 2 rings (SSSR count). The minimum absolute atomic E-state index is 0.279. The summed E-state index contributed by atoms with van der Waals surface area (Å²) in [5.74, 6) is -0.251. The lowest BCUT2D eigenvalue weighted by atomic mass is 10.2. The number of carboxylic acid groups (broad SMARTS) is 1. The van der Waals surface area contributed by atoms with Gasteiger partial charge in [-0.05, 0) is 31.2 Å². The number of pyridine rings is 1. The van der Waals surface area contributed by atoms with Crippen LogP contribution in [0.5, 0.6) is 0 Å². The highest BCUT2D eigenvalue weighted by atomic mass is 32.2. The van der Waals surface area contributed by atoms with Crippen molar-refractivity contribution in [3.8, 4) is 0 Å². The summed E-state index contributed by atoms with van der Waals surface area (Å²) in [5, 5.41) is 12.9. The van der Waals surface area contributed by atoms with E-state index in [1.165, 1.54) is 25.1 Å². The number of carbonyl (C=O) groups is 1. The molecule has 5 heteroatoms. The summed E-state index contributed by atoms with van der Waals surface area (Å²) in [7, 11) is 0. The van der Waals surface area contributed by atoms with Crippen LogP contribution in [0.2, 0.25) is 0 Å². The minimum atomic E-state index is -0.914. The van der Waals surface area contributed by atoms with E-state index in [0.29, 0.717) is 17.1 Å². The molecule has 0 aromatic carbocycles. The molecule has 1 aliphatic rings. The number of anilines is 1. The maximum atomic E-state index is 10.9. The van der Waals surface area contributed by atoms with Gasteiger partial charge >= 0.3 is 5.97 Å². The summed E-state index contributed by atoms with van der Waals surface area (Å²) in [4.78, 5) is 15.0. The van der Waals surface area contributed by atoms with E-state index in [2.05, 4.69) is 16.6 Å². The third-order valence-electron chi connectivity index (χ3n) is 3.10. The average Bonchev–Trinajstić information content (AvgIpc) is 2.76. The SMILES string of the molecule is CSC1CCCC1Nc1cc(C(=O)O)ccn1. The van der Waals surface area contributed by atoms with Crippen LogP contribution in [0.15, 0.2) is 18.3 Å². The number of hydrogen-bond donors (Lipinski definition) is 2. The fraction of sp³-hybridized carbons (Fsp3) is 0.500. The smallest absolute Gasteiger partial charge is 0.335 e. The summed E-state index contributed by atoms with van der Waals surface area (Å²) in [6, 6.07) is 3.51. The van der Waals surface area contributed by atoms with Crippen LogP contribution in [0.1, 0.15) is 29.6 Å². The molecule has 1 aliphatic carbocycles. The summed E-state index contributed by atoms with van der Waals surface area (Å²) in [5.41, 5.74) is 0.279. The third kappa shape index (κ3) is 2.91. The van der Waals surface area contributed by atoms with Crippen molar-refractivity contribution in [2.45, 2.75) is 30.6 Å². The van der Waals surface area contributed by atoms with Crippen LogP contribution in [0, 0.1) is 0 Å². The number of aromatic nitrogens is 1. The molecule has 17 heavy (non-hydrogen) atoms. The Morgan fingerprint density at radius 1 is 1.59 bits per heavy atom. The van der Waals surface area contributed by atoms with Gasteiger partial charge in [0.25, 0.3) is 0 Å². The third-order valence-corrected chi connectivity index (χ3v) is 4.27. The van der Waals surface area contributed by atoms with Crippen molar-refractivity contribution >= 4 is 23.5 Å². The molecule has 2 unspecified atom stereocenters. The Hall–Kier alpha value is -1.23. The molecule has 1 aromatic rings. The Morgan fingerprint density at radius 3 is 3.12 bits per heavy atom. The van der Waals surface area contributed by atoms with Gasteiger partial charge < -0.3 is 10.4 Å². The van der Waals surface area contributed by atoms with Crippen molar-refractivity contribution in [2.75, 3.05) is 11.6 Å². The number of thioether (sulfide) groups is 1. The fourth-order valence-corrected chi connectivity index (χ4v) is 3.14. The Balaban J connectivity index is 2.07. The number of aromatic carboxylic acids is 1. The normalized spacial score (nSPS) is 23.6. The number of nitrogens with one attached hydrogen (secondary N) is 1. The topological polar surface area (TPSA) is 62.2 Å². The molecule has 1 aromatic heterocycles. The van der Waals surface area contributed by atoms with Gasteiger partial charge in [-0.2, -0.15) is 11.8 Å². The summed E-state index contributed by atoms with van der Waals surface area (Å²) >= 11 is 1.86. The second-order valence-corrected chi connectivity index (χ2v) is 5.27. The van der Waals surface area contributed by atoms with Gasteiger partial charge in [-0.1, -0.05) is 6.42 Å². The maximum absolute atomic E-state index is 10.9. The first-order valence-corrected chi connectivity index (χ1v) is 6.98. The first-order chi connectivity index (χ1) is 8.20. The monoisotopic (exact) mass is 252 g/mol. The molecule has 4 nitrogen and oxygen atoms in total. The Morgan fingerprint density at radius 2 is 2.41 bits per heavy atom. The quantitative estimate of drug-likeness (QED) is 0.862. The molecule has 0 spiro atoms. The number of hydrogen-bond acceptors (Lipinski definition) is 4.